The summed E-state index contributed by atoms with van der Waals surface area (Å²) in [6.07, 6.45) is 1.56. The topological polar surface area (TPSA) is 25.2 Å². The molecule has 0 radical (unpaired) electrons. The summed E-state index contributed by atoms with van der Waals surface area (Å²) in [6.45, 7) is 0. The molecular weight excluding hydrogens is 157 g/mol. The number of halogens is 1. The third-order valence-corrected chi connectivity index (χ3v) is 1.93. The van der Waals surface area contributed by atoms with Gasteiger partial charge in [-0.15, -0.1) is 0 Å². The SMILES string of the molecule is Cn1cc(O)c2ccc(F)cc21. The Hall–Kier alpha value is -1.51. The first-order valence-electron chi connectivity index (χ1n) is 3.62. The summed E-state index contributed by atoms with van der Waals surface area (Å²) < 4.78 is 14.4. The highest BCUT2D eigenvalue weighted by molar-refractivity contribution is 5.86. The minimum Gasteiger partial charge on any atom is -0.506 e. The van der Waals surface area contributed by atoms with Gasteiger partial charge in [-0.05, 0) is 18.2 Å². The highest BCUT2D eigenvalue weighted by Gasteiger charge is 2.04. The summed E-state index contributed by atoms with van der Waals surface area (Å²) in [5.74, 6) is -0.101. The van der Waals surface area contributed by atoms with Crippen molar-refractivity contribution in [1.82, 2.24) is 4.57 Å². The van der Waals surface area contributed by atoms with Gasteiger partial charge in [-0.25, -0.2) is 4.39 Å². The van der Waals surface area contributed by atoms with Crippen LogP contribution < -0.4 is 0 Å². The molecule has 3 heteroatoms. The number of fused-ring (bicyclic) bond motifs is 1. The molecule has 0 atom stereocenters. The number of hydrogen-bond acceptors (Lipinski definition) is 1. The molecule has 0 bridgehead atoms. The van der Waals surface area contributed by atoms with Crippen molar-refractivity contribution in [3.8, 4) is 5.75 Å². The minimum absolute atomic E-state index is 0.188. The van der Waals surface area contributed by atoms with E-state index < -0.39 is 0 Å². The molecule has 1 aromatic carbocycles. The first-order chi connectivity index (χ1) is 5.68. The molecule has 0 aliphatic heterocycles. The zero-order valence-electron chi connectivity index (χ0n) is 6.58. The van der Waals surface area contributed by atoms with Crippen molar-refractivity contribution in [2.75, 3.05) is 0 Å². The zero-order chi connectivity index (χ0) is 8.72. The average molecular weight is 165 g/mol. The van der Waals surface area contributed by atoms with Gasteiger partial charge in [0.15, 0.2) is 0 Å². The van der Waals surface area contributed by atoms with Crippen LogP contribution in [0.5, 0.6) is 5.75 Å². The zero-order valence-corrected chi connectivity index (χ0v) is 6.58. The van der Waals surface area contributed by atoms with Gasteiger partial charge in [-0.2, -0.15) is 0 Å². The van der Waals surface area contributed by atoms with Crippen LogP contribution in [0, 0.1) is 5.82 Å². The fourth-order valence-electron chi connectivity index (χ4n) is 1.34. The molecule has 0 saturated carbocycles. The Kier molecular flexibility index (Phi) is 1.33. The van der Waals surface area contributed by atoms with E-state index in [-0.39, 0.29) is 11.6 Å². The number of benzene rings is 1. The van der Waals surface area contributed by atoms with Crippen molar-refractivity contribution in [3.63, 3.8) is 0 Å². The van der Waals surface area contributed by atoms with Gasteiger partial charge in [0, 0.05) is 18.6 Å². The molecule has 1 heterocycles. The second-order valence-electron chi connectivity index (χ2n) is 2.79. The third-order valence-electron chi connectivity index (χ3n) is 1.93. The molecule has 12 heavy (non-hydrogen) atoms. The molecule has 0 amide bonds. The molecule has 0 aliphatic rings. The van der Waals surface area contributed by atoms with Crippen molar-refractivity contribution >= 4 is 10.9 Å². The highest BCUT2D eigenvalue weighted by atomic mass is 19.1. The van der Waals surface area contributed by atoms with Crippen LogP contribution in [0.15, 0.2) is 24.4 Å². The smallest absolute Gasteiger partial charge is 0.141 e. The van der Waals surface area contributed by atoms with Crippen molar-refractivity contribution in [2.45, 2.75) is 0 Å². The first-order valence-corrected chi connectivity index (χ1v) is 3.62. The molecule has 2 aromatic rings. The Labute approximate surface area is 68.9 Å². The van der Waals surface area contributed by atoms with Crippen LogP contribution in [0.3, 0.4) is 0 Å². The molecule has 2 nitrogen and oxygen atoms in total. The van der Waals surface area contributed by atoms with Crippen LogP contribution in [0.25, 0.3) is 10.9 Å². The van der Waals surface area contributed by atoms with E-state index in [1.165, 1.54) is 12.1 Å². The van der Waals surface area contributed by atoms with E-state index in [1.807, 2.05) is 0 Å². The quantitative estimate of drug-likeness (QED) is 0.634. The lowest BCUT2D eigenvalue weighted by Crippen LogP contribution is -1.83. The Morgan fingerprint density at radius 2 is 2.17 bits per heavy atom. The fourth-order valence-corrected chi connectivity index (χ4v) is 1.34. The van der Waals surface area contributed by atoms with Gasteiger partial charge >= 0.3 is 0 Å². The van der Waals surface area contributed by atoms with E-state index in [0.717, 1.165) is 0 Å². The maximum Gasteiger partial charge on any atom is 0.141 e. The van der Waals surface area contributed by atoms with E-state index in [2.05, 4.69) is 0 Å². The largest absolute Gasteiger partial charge is 0.506 e. The second kappa shape index (κ2) is 2.24. The lowest BCUT2D eigenvalue weighted by Gasteiger charge is -1.94. The summed E-state index contributed by atoms with van der Waals surface area (Å²) in [6, 6.07) is 4.30. The van der Waals surface area contributed by atoms with Crippen LogP contribution in [-0.2, 0) is 7.05 Å². The molecule has 2 rings (SSSR count). The molecule has 1 N–H and O–H groups in total. The van der Waals surface area contributed by atoms with Gasteiger partial charge in [-0.3, -0.25) is 0 Å². The van der Waals surface area contributed by atoms with Crippen LogP contribution in [0.1, 0.15) is 0 Å². The van der Waals surface area contributed by atoms with E-state index in [1.54, 1.807) is 23.9 Å². The van der Waals surface area contributed by atoms with Crippen molar-refractivity contribution in [1.29, 1.82) is 0 Å². The highest BCUT2D eigenvalue weighted by Crippen LogP contribution is 2.26. The Bertz CT molecular complexity index is 433. The van der Waals surface area contributed by atoms with Crippen molar-refractivity contribution in [3.05, 3.63) is 30.2 Å². The molecule has 1 aromatic heterocycles. The molecule has 62 valence electrons. The lowest BCUT2D eigenvalue weighted by molar-refractivity contribution is 0.479. The lowest BCUT2D eigenvalue weighted by atomic mass is 10.2. The molecule has 0 fully saturated rings. The van der Waals surface area contributed by atoms with Crippen LogP contribution in [0.4, 0.5) is 4.39 Å². The third kappa shape index (κ3) is 0.863. The van der Waals surface area contributed by atoms with Gasteiger partial charge in [0.25, 0.3) is 0 Å². The van der Waals surface area contributed by atoms with Crippen LogP contribution in [0.2, 0.25) is 0 Å². The Morgan fingerprint density at radius 1 is 1.42 bits per heavy atom. The summed E-state index contributed by atoms with van der Waals surface area (Å²) >= 11 is 0. The van der Waals surface area contributed by atoms with Gasteiger partial charge < -0.3 is 9.67 Å². The van der Waals surface area contributed by atoms with Gasteiger partial charge in [0.05, 0.1) is 5.52 Å². The predicted octanol–water partition coefficient (Wildman–Crippen LogP) is 2.02. The number of aryl methyl sites for hydroxylation is 1. The minimum atomic E-state index is -0.288. The standard InChI is InChI=1S/C9H8FNO/c1-11-5-9(12)7-3-2-6(10)4-8(7)11/h2-5,12H,1H3. The number of aromatic nitrogens is 1. The number of hydrogen-bond donors (Lipinski definition) is 1. The van der Waals surface area contributed by atoms with Gasteiger partial charge in [0.1, 0.15) is 11.6 Å². The van der Waals surface area contributed by atoms with E-state index >= 15 is 0 Å². The van der Waals surface area contributed by atoms with E-state index in [9.17, 15) is 9.50 Å². The monoisotopic (exact) mass is 165 g/mol. The average Bonchev–Trinajstić information content (AvgIpc) is 2.28. The molecule has 0 unspecified atom stereocenters. The summed E-state index contributed by atoms with van der Waals surface area (Å²) in [5, 5.41) is 10.0. The maximum atomic E-state index is 12.7. The number of rotatable bonds is 0. The molecule has 0 aliphatic carbocycles. The van der Waals surface area contributed by atoms with Crippen LogP contribution in [-0.4, -0.2) is 9.67 Å². The van der Waals surface area contributed by atoms with Gasteiger partial charge in [-0.1, -0.05) is 0 Å². The van der Waals surface area contributed by atoms with Gasteiger partial charge in [0.2, 0.25) is 0 Å². The fraction of sp³-hybridized carbons (Fsp3) is 0.111. The number of nitrogens with zero attached hydrogens (tertiary/aromatic N) is 1. The molecular formula is C9H8FNO. The molecule has 0 saturated heterocycles. The summed E-state index contributed by atoms with van der Waals surface area (Å²) in [7, 11) is 1.77. The van der Waals surface area contributed by atoms with Crippen molar-refractivity contribution < 1.29 is 9.50 Å². The Balaban J connectivity index is 2.90. The maximum absolute atomic E-state index is 12.7. The molecule has 0 spiro atoms. The Morgan fingerprint density at radius 3 is 2.92 bits per heavy atom. The first kappa shape index (κ1) is 7.16. The number of aromatic hydroxyl groups is 1. The summed E-state index contributed by atoms with van der Waals surface area (Å²) in [4.78, 5) is 0. The predicted molar refractivity (Wildman–Crippen MR) is 44.5 cm³/mol. The second-order valence-corrected chi connectivity index (χ2v) is 2.79. The van der Waals surface area contributed by atoms with E-state index in [0.29, 0.717) is 10.9 Å². The summed E-state index contributed by atoms with van der Waals surface area (Å²) in [5.41, 5.74) is 0.701. The van der Waals surface area contributed by atoms with E-state index in [4.69, 9.17) is 0 Å². The van der Waals surface area contributed by atoms with Crippen LogP contribution >= 0.6 is 0 Å². The normalized spacial score (nSPS) is 10.8. The van der Waals surface area contributed by atoms with Crippen molar-refractivity contribution in [2.24, 2.45) is 7.05 Å².